The Morgan fingerprint density at radius 2 is 2.31 bits per heavy atom. The van der Waals surface area contributed by atoms with Gasteiger partial charge in [0.05, 0.1) is 5.69 Å². The highest BCUT2D eigenvalue weighted by Gasteiger charge is 2.05. The van der Waals surface area contributed by atoms with Crippen molar-refractivity contribution in [2.24, 2.45) is 0 Å². The van der Waals surface area contributed by atoms with Gasteiger partial charge in [-0.2, -0.15) is 0 Å². The van der Waals surface area contributed by atoms with E-state index in [1.165, 1.54) is 6.42 Å². The molecule has 0 aliphatic rings. The maximum atomic E-state index is 4.16. The van der Waals surface area contributed by atoms with Crippen molar-refractivity contribution in [2.75, 3.05) is 20.1 Å². The molecule has 90 valence electrons. The molecule has 1 heterocycles. The smallest absolute Gasteiger partial charge is 0.115 e. The molecule has 1 N–H and O–H groups in total. The number of rotatable bonds is 7. The highest BCUT2D eigenvalue weighted by molar-refractivity contribution is 4.96. The lowest BCUT2D eigenvalue weighted by Crippen LogP contribution is -2.34. The van der Waals surface area contributed by atoms with Gasteiger partial charge in [-0.15, -0.1) is 0 Å². The second-order valence-electron chi connectivity index (χ2n) is 4.12. The van der Waals surface area contributed by atoms with Gasteiger partial charge >= 0.3 is 0 Å². The van der Waals surface area contributed by atoms with E-state index in [4.69, 9.17) is 0 Å². The first-order valence-electron chi connectivity index (χ1n) is 5.90. The van der Waals surface area contributed by atoms with Crippen LogP contribution in [0.25, 0.3) is 0 Å². The third kappa shape index (κ3) is 4.68. The van der Waals surface area contributed by atoms with Crippen molar-refractivity contribution in [3.63, 3.8) is 0 Å². The molecule has 0 aromatic carbocycles. The van der Waals surface area contributed by atoms with Crippen molar-refractivity contribution >= 4 is 0 Å². The van der Waals surface area contributed by atoms with Gasteiger partial charge in [-0.25, -0.2) is 9.97 Å². The van der Waals surface area contributed by atoms with Gasteiger partial charge in [0.25, 0.3) is 0 Å². The van der Waals surface area contributed by atoms with Crippen LogP contribution in [-0.4, -0.2) is 41.0 Å². The Morgan fingerprint density at radius 3 is 2.94 bits per heavy atom. The van der Waals surface area contributed by atoms with Crippen LogP contribution in [0, 0.1) is 0 Å². The molecule has 0 aliphatic heterocycles. The zero-order chi connectivity index (χ0) is 11.8. The van der Waals surface area contributed by atoms with E-state index < -0.39 is 0 Å². The Morgan fingerprint density at radius 1 is 1.50 bits per heavy atom. The molecule has 0 radical (unpaired) electrons. The second kappa shape index (κ2) is 7.30. The number of aromatic nitrogens is 2. The molecule has 16 heavy (non-hydrogen) atoms. The minimum absolute atomic E-state index is 0.654. The molecule has 1 aromatic heterocycles. The first kappa shape index (κ1) is 13.1. The van der Waals surface area contributed by atoms with Crippen LogP contribution in [0.4, 0.5) is 0 Å². The number of nitrogens with zero attached hydrogens (tertiary/aromatic N) is 3. The average Bonchev–Trinajstić information content (AvgIpc) is 2.34. The normalized spacial score (nSPS) is 13.0. The number of hydrogen-bond donors (Lipinski definition) is 1. The molecule has 4 nitrogen and oxygen atoms in total. The predicted octanol–water partition coefficient (Wildman–Crippen LogP) is 1.30. The fourth-order valence-electron chi connectivity index (χ4n) is 1.43. The van der Waals surface area contributed by atoms with Crippen molar-refractivity contribution in [1.29, 1.82) is 0 Å². The van der Waals surface area contributed by atoms with Crippen molar-refractivity contribution < 1.29 is 0 Å². The Hall–Kier alpha value is -1.00. The van der Waals surface area contributed by atoms with Crippen molar-refractivity contribution in [3.05, 3.63) is 24.3 Å². The number of nitrogens with one attached hydrogen (secondary N) is 1. The summed E-state index contributed by atoms with van der Waals surface area (Å²) in [5, 5.41) is 3.38. The van der Waals surface area contributed by atoms with E-state index in [9.17, 15) is 0 Å². The van der Waals surface area contributed by atoms with Crippen molar-refractivity contribution in [3.8, 4) is 0 Å². The van der Waals surface area contributed by atoms with E-state index in [1.807, 2.05) is 6.07 Å². The SMILES string of the molecule is CCC(C)N(C)CCNCc1ccncn1. The lowest BCUT2D eigenvalue weighted by Gasteiger charge is -2.23. The van der Waals surface area contributed by atoms with Gasteiger partial charge in [0.15, 0.2) is 0 Å². The molecule has 0 amide bonds. The molecule has 0 spiro atoms. The Balaban J connectivity index is 2.13. The first-order chi connectivity index (χ1) is 7.74. The third-order valence-corrected chi connectivity index (χ3v) is 2.93. The molecule has 0 fully saturated rings. The molecule has 0 aliphatic carbocycles. The van der Waals surface area contributed by atoms with E-state index in [2.05, 4.69) is 41.1 Å². The fraction of sp³-hybridized carbons (Fsp3) is 0.667. The average molecular weight is 222 g/mol. The topological polar surface area (TPSA) is 41.0 Å². The summed E-state index contributed by atoms with van der Waals surface area (Å²) in [5.41, 5.74) is 1.04. The van der Waals surface area contributed by atoms with Crippen LogP contribution in [0.1, 0.15) is 26.0 Å². The minimum atomic E-state index is 0.654. The molecule has 4 heteroatoms. The maximum Gasteiger partial charge on any atom is 0.115 e. The summed E-state index contributed by atoms with van der Waals surface area (Å²) in [6.07, 6.45) is 4.56. The second-order valence-corrected chi connectivity index (χ2v) is 4.12. The number of hydrogen-bond acceptors (Lipinski definition) is 4. The monoisotopic (exact) mass is 222 g/mol. The molecule has 0 saturated carbocycles. The Kier molecular flexibility index (Phi) is 5.96. The largest absolute Gasteiger partial charge is 0.310 e. The summed E-state index contributed by atoms with van der Waals surface area (Å²) in [4.78, 5) is 10.4. The quantitative estimate of drug-likeness (QED) is 0.706. The van der Waals surface area contributed by atoms with Crippen LogP contribution in [0.2, 0.25) is 0 Å². The molecule has 1 aromatic rings. The van der Waals surface area contributed by atoms with Gasteiger partial charge in [0.1, 0.15) is 6.33 Å². The van der Waals surface area contributed by atoms with E-state index in [1.54, 1.807) is 12.5 Å². The van der Waals surface area contributed by atoms with E-state index in [-0.39, 0.29) is 0 Å². The molecule has 1 rings (SSSR count). The Labute approximate surface area is 98.1 Å². The van der Waals surface area contributed by atoms with Crippen LogP contribution in [0.15, 0.2) is 18.6 Å². The van der Waals surface area contributed by atoms with Gasteiger partial charge in [-0.1, -0.05) is 6.92 Å². The summed E-state index contributed by atoms with van der Waals surface area (Å²) < 4.78 is 0. The molecular formula is C12H22N4. The minimum Gasteiger partial charge on any atom is -0.310 e. The van der Waals surface area contributed by atoms with Gasteiger partial charge in [0, 0.05) is 31.9 Å². The van der Waals surface area contributed by atoms with Crippen molar-refractivity contribution in [1.82, 2.24) is 20.2 Å². The van der Waals surface area contributed by atoms with Gasteiger partial charge in [-0.3, -0.25) is 0 Å². The van der Waals surface area contributed by atoms with Crippen LogP contribution in [0.5, 0.6) is 0 Å². The van der Waals surface area contributed by atoms with Crippen LogP contribution < -0.4 is 5.32 Å². The molecule has 1 unspecified atom stereocenters. The van der Waals surface area contributed by atoms with E-state index in [0.717, 1.165) is 25.3 Å². The lowest BCUT2D eigenvalue weighted by molar-refractivity contribution is 0.251. The van der Waals surface area contributed by atoms with E-state index >= 15 is 0 Å². The summed E-state index contributed by atoms with van der Waals surface area (Å²) in [6.45, 7) is 7.35. The fourth-order valence-corrected chi connectivity index (χ4v) is 1.43. The van der Waals surface area contributed by atoms with Gasteiger partial charge in [-0.05, 0) is 26.5 Å². The lowest BCUT2D eigenvalue weighted by atomic mass is 10.2. The summed E-state index contributed by atoms with van der Waals surface area (Å²) in [5.74, 6) is 0. The molecule has 0 bridgehead atoms. The summed E-state index contributed by atoms with van der Waals surface area (Å²) in [7, 11) is 2.17. The maximum absolute atomic E-state index is 4.16. The summed E-state index contributed by atoms with van der Waals surface area (Å²) in [6, 6.07) is 2.59. The van der Waals surface area contributed by atoms with Gasteiger partial charge < -0.3 is 10.2 Å². The zero-order valence-corrected chi connectivity index (χ0v) is 10.5. The zero-order valence-electron chi connectivity index (χ0n) is 10.5. The molecule has 1 atom stereocenters. The first-order valence-corrected chi connectivity index (χ1v) is 5.90. The van der Waals surface area contributed by atoms with Gasteiger partial charge in [0.2, 0.25) is 0 Å². The van der Waals surface area contributed by atoms with Crippen LogP contribution >= 0.6 is 0 Å². The Bertz CT molecular complexity index is 276. The van der Waals surface area contributed by atoms with Crippen LogP contribution in [-0.2, 0) is 6.54 Å². The van der Waals surface area contributed by atoms with E-state index in [0.29, 0.717) is 6.04 Å². The molecule has 0 saturated heterocycles. The highest BCUT2D eigenvalue weighted by Crippen LogP contribution is 1.98. The van der Waals surface area contributed by atoms with Crippen molar-refractivity contribution in [2.45, 2.75) is 32.9 Å². The third-order valence-electron chi connectivity index (χ3n) is 2.93. The molecular weight excluding hydrogens is 200 g/mol. The predicted molar refractivity (Wildman–Crippen MR) is 66.1 cm³/mol. The summed E-state index contributed by atoms with van der Waals surface area (Å²) >= 11 is 0. The standard InChI is InChI=1S/C12H22N4/c1-4-11(2)16(3)8-7-13-9-12-5-6-14-10-15-12/h5-6,10-11,13H,4,7-9H2,1-3H3. The van der Waals surface area contributed by atoms with Crippen LogP contribution in [0.3, 0.4) is 0 Å². The number of likely N-dealkylation sites (N-methyl/N-ethyl adjacent to an activating group) is 1. The highest BCUT2D eigenvalue weighted by atomic mass is 15.1.